The number of hydrogen-bond donors (Lipinski definition) is 0. The zero-order chi connectivity index (χ0) is 19.4. The molecule has 1 aromatic rings. The van der Waals surface area contributed by atoms with Crippen LogP contribution in [0.15, 0.2) is 30.3 Å². The van der Waals surface area contributed by atoms with E-state index in [1.807, 2.05) is 0 Å². The van der Waals surface area contributed by atoms with E-state index >= 15 is 0 Å². The fourth-order valence-corrected chi connectivity index (χ4v) is 36.1. The second kappa shape index (κ2) is 13.7. The number of hydrogen-bond acceptors (Lipinski definition) is 0. The van der Waals surface area contributed by atoms with E-state index in [1.54, 1.807) is 30.6 Å². The molecule has 1 unspecified atom stereocenters. The van der Waals surface area contributed by atoms with Crippen molar-refractivity contribution in [2.45, 2.75) is 108 Å². The van der Waals surface area contributed by atoms with E-state index < -0.39 is 18.4 Å². The second-order valence-electron chi connectivity index (χ2n) is 8.92. The molecule has 0 saturated heterocycles. The van der Waals surface area contributed by atoms with Gasteiger partial charge in [-0.05, 0) is 0 Å². The van der Waals surface area contributed by atoms with Crippen molar-refractivity contribution in [3.8, 4) is 0 Å². The summed E-state index contributed by atoms with van der Waals surface area (Å²) >= 11 is -1.46. The summed E-state index contributed by atoms with van der Waals surface area (Å²) in [4.78, 5) is 0. The molecule has 27 heavy (non-hydrogen) atoms. The van der Waals surface area contributed by atoms with Crippen molar-refractivity contribution in [3.05, 3.63) is 30.3 Å². The molecule has 0 radical (unpaired) electrons. The third kappa shape index (κ3) is 7.71. The third-order valence-corrected chi connectivity index (χ3v) is 34.4. The molecule has 2 rings (SSSR count). The minimum absolute atomic E-state index is 0.717. The van der Waals surface area contributed by atoms with E-state index in [0.717, 1.165) is 5.92 Å². The average molecular weight is 542 g/mol. The predicted molar refractivity (Wildman–Crippen MR) is 127 cm³/mol. The molecule has 1 atom stereocenters. The minimum atomic E-state index is -2.17. The summed E-state index contributed by atoms with van der Waals surface area (Å²) < 4.78 is 7.95. The van der Waals surface area contributed by atoms with Gasteiger partial charge in [-0.3, -0.25) is 0 Å². The van der Waals surface area contributed by atoms with E-state index in [0.29, 0.717) is 15.0 Å². The molecule has 154 valence electrons. The van der Waals surface area contributed by atoms with Crippen LogP contribution in [0.5, 0.6) is 0 Å². The van der Waals surface area contributed by atoms with Gasteiger partial charge in [-0.1, -0.05) is 0 Å². The molecule has 1 aliphatic carbocycles. The standard InChI is InChI=1S/C13H17Se.3C4H9.Sn/c1-3-7-12(8-4-1)11-14-13-9-5-2-6-10-13;3*1-3-4-2;/h2,5-6,9-12H,1,3-4,7-8H2;3*1,3-4H2,2H3;. The van der Waals surface area contributed by atoms with Crippen molar-refractivity contribution in [1.82, 2.24) is 0 Å². The van der Waals surface area contributed by atoms with E-state index in [4.69, 9.17) is 0 Å². The topological polar surface area (TPSA) is 0 Å². The van der Waals surface area contributed by atoms with Crippen LogP contribution in [0.2, 0.25) is 16.1 Å². The summed E-state index contributed by atoms with van der Waals surface area (Å²) in [6.07, 6.45) is 16.5. The Labute approximate surface area is 180 Å². The first-order chi connectivity index (χ1) is 13.3. The van der Waals surface area contributed by atoms with Crippen LogP contribution in [0.3, 0.4) is 0 Å². The fourth-order valence-electron chi connectivity index (χ4n) is 5.19. The van der Waals surface area contributed by atoms with Crippen LogP contribution < -0.4 is 4.46 Å². The first kappa shape index (κ1) is 23.8. The molecule has 1 aromatic carbocycles. The fraction of sp³-hybridized carbons (Fsp3) is 0.760. The van der Waals surface area contributed by atoms with Crippen LogP contribution in [-0.4, -0.2) is 33.3 Å². The molecule has 2 heteroatoms. The molecular formula is C25H44SeSn. The van der Waals surface area contributed by atoms with Crippen LogP contribution in [0.25, 0.3) is 0 Å². The first-order valence-corrected chi connectivity index (χ1v) is 21.5. The Balaban J connectivity index is 2.34. The summed E-state index contributed by atoms with van der Waals surface area (Å²) in [5.41, 5.74) is 0. The van der Waals surface area contributed by atoms with Crippen molar-refractivity contribution in [2.75, 3.05) is 0 Å². The third-order valence-electron chi connectivity index (χ3n) is 6.77. The molecule has 1 saturated carbocycles. The predicted octanol–water partition coefficient (Wildman–Crippen LogP) is 7.77. The van der Waals surface area contributed by atoms with Gasteiger partial charge < -0.3 is 0 Å². The molecule has 0 amide bonds. The van der Waals surface area contributed by atoms with Crippen LogP contribution in [0.4, 0.5) is 0 Å². The van der Waals surface area contributed by atoms with E-state index in [2.05, 4.69) is 51.1 Å². The molecule has 1 aliphatic rings. The van der Waals surface area contributed by atoms with Gasteiger partial charge >= 0.3 is 182 Å². The van der Waals surface area contributed by atoms with E-state index in [1.165, 1.54) is 60.6 Å². The van der Waals surface area contributed by atoms with Gasteiger partial charge in [-0.15, -0.1) is 0 Å². The number of rotatable bonds is 13. The monoisotopic (exact) mass is 544 g/mol. The van der Waals surface area contributed by atoms with Crippen molar-refractivity contribution >= 4 is 37.8 Å². The normalized spacial score (nSPS) is 17.1. The molecule has 0 spiro atoms. The maximum absolute atomic E-state index is 2.45. The average Bonchev–Trinajstić information content (AvgIpc) is 2.73. The Bertz CT molecular complexity index is 459. The summed E-state index contributed by atoms with van der Waals surface area (Å²) in [6.45, 7) is 7.27. The molecule has 0 nitrogen and oxygen atoms in total. The van der Waals surface area contributed by atoms with Gasteiger partial charge in [0, 0.05) is 0 Å². The van der Waals surface area contributed by atoms with Gasteiger partial charge in [0.15, 0.2) is 0 Å². The Morgan fingerprint density at radius 1 is 0.815 bits per heavy atom. The summed E-state index contributed by atoms with van der Waals surface area (Å²) in [6, 6.07) is 11.7. The zero-order valence-electron chi connectivity index (χ0n) is 18.3. The van der Waals surface area contributed by atoms with Gasteiger partial charge in [0.1, 0.15) is 0 Å². The van der Waals surface area contributed by atoms with Gasteiger partial charge in [-0.25, -0.2) is 0 Å². The summed E-state index contributed by atoms with van der Waals surface area (Å²) in [5, 5.41) is 0. The van der Waals surface area contributed by atoms with Gasteiger partial charge in [0.2, 0.25) is 0 Å². The molecule has 0 heterocycles. The van der Waals surface area contributed by atoms with Gasteiger partial charge in [0.05, 0.1) is 0 Å². The molecule has 0 N–H and O–H groups in total. The van der Waals surface area contributed by atoms with Crippen molar-refractivity contribution in [1.29, 1.82) is 0 Å². The first-order valence-electron chi connectivity index (χ1n) is 12.0. The van der Waals surface area contributed by atoms with Crippen molar-refractivity contribution in [3.63, 3.8) is 0 Å². The molecule has 1 fully saturated rings. The second-order valence-corrected chi connectivity index (χ2v) is 28.0. The Hall–Kier alpha value is 0.538. The van der Waals surface area contributed by atoms with E-state index in [9.17, 15) is 0 Å². The molecular weight excluding hydrogens is 498 g/mol. The van der Waals surface area contributed by atoms with Crippen LogP contribution in [0.1, 0.15) is 91.4 Å². The van der Waals surface area contributed by atoms with Gasteiger partial charge in [-0.2, -0.15) is 0 Å². The SMILES string of the molecule is CCC[CH2][Sn]([CH2]CCC)([CH2]CCC)[CH]([Se]c1ccccc1)C1CCCCC1. The number of benzene rings is 1. The Morgan fingerprint density at radius 2 is 1.33 bits per heavy atom. The summed E-state index contributed by atoms with van der Waals surface area (Å²) in [7, 11) is 0. The maximum atomic E-state index is 2.45. The van der Waals surface area contributed by atoms with Crippen molar-refractivity contribution < 1.29 is 0 Å². The zero-order valence-corrected chi connectivity index (χ0v) is 22.9. The van der Waals surface area contributed by atoms with E-state index in [-0.39, 0.29) is 0 Å². The molecule has 0 aromatic heterocycles. The van der Waals surface area contributed by atoms with Crippen molar-refractivity contribution in [2.24, 2.45) is 5.92 Å². The van der Waals surface area contributed by atoms with Gasteiger partial charge in [0.25, 0.3) is 0 Å². The number of unbranched alkanes of at least 4 members (excludes halogenated alkanes) is 3. The Morgan fingerprint density at radius 3 is 1.81 bits per heavy atom. The Kier molecular flexibility index (Phi) is 12.1. The summed E-state index contributed by atoms with van der Waals surface area (Å²) in [5.74, 6) is 1.08. The van der Waals surface area contributed by atoms with Crippen LogP contribution in [0, 0.1) is 5.92 Å². The van der Waals surface area contributed by atoms with Crippen LogP contribution in [-0.2, 0) is 0 Å². The molecule has 0 aliphatic heterocycles. The molecule has 0 bridgehead atoms. The van der Waals surface area contributed by atoms with Crippen LogP contribution >= 0.6 is 0 Å². The quantitative estimate of drug-likeness (QED) is 0.224.